The van der Waals surface area contributed by atoms with Crippen molar-refractivity contribution in [2.24, 2.45) is 0 Å². The molecule has 3 nitrogen and oxygen atoms in total. The van der Waals surface area contributed by atoms with Gasteiger partial charge in [0.2, 0.25) is 0 Å². The molecule has 0 radical (unpaired) electrons. The largest absolute Gasteiger partial charge is 0.464 e. The van der Waals surface area contributed by atoms with Crippen molar-refractivity contribution in [1.82, 2.24) is 4.98 Å². The standard InChI is InChI=1S/C8H5BrF3NO2.C2H6/c1-15-7(14)5-3-2-4(6(9)13-5)8(10,11)12;1-2/h2-3H,1H3;1-2H3. The maximum atomic E-state index is 12.3. The summed E-state index contributed by atoms with van der Waals surface area (Å²) < 4.78 is 40.7. The summed E-state index contributed by atoms with van der Waals surface area (Å²) >= 11 is 2.64. The molecule has 96 valence electrons. The molecule has 1 heterocycles. The van der Waals surface area contributed by atoms with Gasteiger partial charge in [0.05, 0.1) is 12.7 Å². The van der Waals surface area contributed by atoms with Gasteiger partial charge in [-0.15, -0.1) is 0 Å². The van der Waals surface area contributed by atoms with Crippen LogP contribution in [0.5, 0.6) is 0 Å². The van der Waals surface area contributed by atoms with Gasteiger partial charge in [0.25, 0.3) is 0 Å². The second kappa shape index (κ2) is 6.58. The van der Waals surface area contributed by atoms with Crippen LogP contribution in [0.3, 0.4) is 0 Å². The van der Waals surface area contributed by atoms with Crippen LogP contribution in [0.15, 0.2) is 16.7 Å². The molecule has 0 amide bonds. The Morgan fingerprint density at radius 3 is 2.24 bits per heavy atom. The molecule has 0 unspecified atom stereocenters. The number of esters is 1. The Hall–Kier alpha value is -1.11. The lowest BCUT2D eigenvalue weighted by Crippen LogP contribution is -2.10. The lowest BCUT2D eigenvalue weighted by molar-refractivity contribution is -0.138. The Bertz CT molecular complexity index is 394. The summed E-state index contributed by atoms with van der Waals surface area (Å²) in [6.07, 6.45) is -4.50. The van der Waals surface area contributed by atoms with Crippen molar-refractivity contribution in [2.75, 3.05) is 7.11 Å². The normalized spacial score (nSPS) is 10.3. The van der Waals surface area contributed by atoms with Crippen molar-refractivity contribution in [3.05, 3.63) is 28.0 Å². The molecule has 0 aliphatic heterocycles. The highest BCUT2D eigenvalue weighted by molar-refractivity contribution is 9.10. The van der Waals surface area contributed by atoms with E-state index >= 15 is 0 Å². The van der Waals surface area contributed by atoms with E-state index < -0.39 is 22.3 Å². The highest BCUT2D eigenvalue weighted by atomic mass is 79.9. The van der Waals surface area contributed by atoms with E-state index in [-0.39, 0.29) is 5.69 Å². The number of alkyl halides is 3. The number of hydrogen-bond donors (Lipinski definition) is 0. The molecule has 0 aliphatic rings. The van der Waals surface area contributed by atoms with Crippen LogP contribution in [-0.2, 0) is 10.9 Å². The Labute approximate surface area is 105 Å². The summed E-state index contributed by atoms with van der Waals surface area (Å²) in [7, 11) is 1.12. The van der Waals surface area contributed by atoms with Crippen molar-refractivity contribution >= 4 is 21.9 Å². The third-order valence-electron chi connectivity index (χ3n) is 1.55. The van der Waals surface area contributed by atoms with Crippen LogP contribution in [0.2, 0.25) is 0 Å². The van der Waals surface area contributed by atoms with Crippen LogP contribution < -0.4 is 0 Å². The van der Waals surface area contributed by atoms with Gasteiger partial charge < -0.3 is 4.74 Å². The Kier molecular flexibility index (Phi) is 6.15. The summed E-state index contributed by atoms with van der Waals surface area (Å²) in [5.41, 5.74) is -1.12. The van der Waals surface area contributed by atoms with Gasteiger partial charge in [-0.1, -0.05) is 13.8 Å². The number of methoxy groups -OCH3 is 1. The average molecular weight is 314 g/mol. The molecule has 0 N–H and O–H groups in total. The number of carbonyl (C=O) groups is 1. The molecule has 1 aromatic heterocycles. The fourth-order valence-corrected chi connectivity index (χ4v) is 1.41. The van der Waals surface area contributed by atoms with Gasteiger partial charge in [-0.2, -0.15) is 13.2 Å². The van der Waals surface area contributed by atoms with Gasteiger partial charge in [0, 0.05) is 0 Å². The summed E-state index contributed by atoms with van der Waals surface area (Å²) in [4.78, 5) is 14.4. The predicted molar refractivity (Wildman–Crippen MR) is 59.6 cm³/mol. The first-order chi connectivity index (χ1) is 7.86. The fourth-order valence-electron chi connectivity index (χ4n) is 0.864. The Morgan fingerprint density at radius 2 is 1.88 bits per heavy atom. The summed E-state index contributed by atoms with van der Waals surface area (Å²) in [5, 5.41) is 0. The highest BCUT2D eigenvalue weighted by Gasteiger charge is 2.34. The number of carbonyl (C=O) groups excluding carboxylic acids is 1. The molecule has 0 aromatic carbocycles. The van der Waals surface area contributed by atoms with E-state index in [1.807, 2.05) is 13.8 Å². The zero-order valence-electron chi connectivity index (χ0n) is 9.43. The number of aromatic nitrogens is 1. The summed E-state index contributed by atoms with van der Waals surface area (Å²) in [6.45, 7) is 4.00. The van der Waals surface area contributed by atoms with Gasteiger partial charge >= 0.3 is 12.1 Å². The number of ether oxygens (including phenoxy) is 1. The van der Waals surface area contributed by atoms with Crippen molar-refractivity contribution in [3.8, 4) is 0 Å². The predicted octanol–water partition coefficient (Wildman–Crippen LogP) is 3.68. The maximum Gasteiger partial charge on any atom is 0.419 e. The van der Waals surface area contributed by atoms with Crippen molar-refractivity contribution in [2.45, 2.75) is 20.0 Å². The third-order valence-corrected chi connectivity index (χ3v) is 2.15. The molecule has 0 atom stereocenters. The zero-order valence-corrected chi connectivity index (χ0v) is 11.0. The van der Waals surface area contributed by atoms with E-state index in [1.165, 1.54) is 0 Å². The Morgan fingerprint density at radius 1 is 1.35 bits per heavy atom. The van der Waals surface area contributed by atoms with E-state index in [2.05, 4.69) is 25.7 Å². The number of nitrogens with zero attached hydrogens (tertiary/aromatic N) is 1. The first-order valence-corrected chi connectivity index (χ1v) is 5.47. The van der Waals surface area contributed by atoms with Crippen LogP contribution >= 0.6 is 15.9 Å². The van der Waals surface area contributed by atoms with Crippen molar-refractivity contribution < 1.29 is 22.7 Å². The molecule has 7 heteroatoms. The molecule has 1 aromatic rings. The van der Waals surface area contributed by atoms with Gasteiger partial charge in [-0.3, -0.25) is 0 Å². The van der Waals surface area contributed by atoms with E-state index in [9.17, 15) is 18.0 Å². The number of pyridine rings is 1. The van der Waals surface area contributed by atoms with Crippen molar-refractivity contribution in [3.63, 3.8) is 0 Å². The van der Waals surface area contributed by atoms with Gasteiger partial charge in [-0.05, 0) is 28.1 Å². The SMILES string of the molecule is CC.COC(=O)c1ccc(C(F)(F)F)c(Br)n1. The molecule has 0 saturated heterocycles. The van der Waals surface area contributed by atoms with Crippen LogP contribution in [0, 0.1) is 0 Å². The second-order valence-electron chi connectivity index (χ2n) is 2.52. The molecule has 0 spiro atoms. The average Bonchev–Trinajstić information content (AvgIpc) is 2.28. The lowest BCUT2D eigenvalue weighted by Gasteiger charge is -2.08. The van der Waals surface area contributed by atoms with E-state index in [0.29, 0.717) is 0 Å². The third kappa shape index (κ3) is 4.33. The molecule has 1 rings (SSSR count). The second-order valence-corrected chi connectivity index (χ2v) is 3.28. The first-order valence-electron chi connectivity index (χ1n) is 4.68. The molecule has 0 bridgehead atoms. The minimum Gasteiger partial charge on any atom is -0.464 e. The number of hydrogen-bond acceptors (Lipinski definition) is 3. The number of halogens is 4. The van der Waals surface area contributed by atoms with Crippen LogP contribution in [0.25, 0.3) is 0 Å². The first kappa shape index (κ1) is 15.9. The zero-order chi connectivity index (χ0) is 13.6. The summed E-state index contributed by atoms with van der Waals surface area (Å²) in [6, 6.07) is 1.72. The molecule has 17 heavy (non-hydrogen) atoms. The van der Waals surface area contributed by atoms with Crippen molar-refractivity contribution in [1.29, 1.82) is 0 Å². The molecular formula is C10H11BrF3NO2. The maximum absolute atomic E-state index is 12.3. The topological polar surface area (TPSA) is 39.2 Å². The molecule has 0 saturated carbocycles. The minimum absolute atomic E-state index is 0.183. The summed E-state index contributed by atoms with van der Waals surface area (Å²) in [5.74, 6) is -0.788. The van der Waals surface area contributed by atoms with Crippen LogP contribution in [-0.4, -0.2) is 18.1 Å². The van der Waals surface area contributed by atoms with Crippen LogP contribution in [0.1, 0.15) is 29.9 Å². The highest BCUT2D eigenvalue weighted by Crippen LogP contribution is 2.33. The van der Waals surface area contributed by atoms with Gasteiger partial charge in [0.1, 0.15) is 10.3 Å². The smallest absolute Gasteiger partial charge is 0.419 e. The fraction of sp³-hybridized carbons (Fsp3) is 0.400. The van der Waals surface area contributed by atoms with E-state index in [4.69, 9.17) is 0 Å². The molecule has 0 fully saturated rings. The van der Waals surface area contributed by atoms with Gasteiger partial charge in [-0.25, -0.2) is 9.78 Å². The Balaban J connectivity index is 0.00000121. The number of rotatable bonds is 1. The monoisotopic (exact) mass is 313 g/mol. The van der Waals surface area contributed by atoms with E-state index in [1.54, 1.807) is 0 Å². The van der Waals surface area contributed by atoms with E-state index in [0.717, 1.165) is 19.2 Å². The molecular weight excluding hydrogens is 303 g/mol. The minimum atomic E-state index is -4.50. The quantitative estimate of drug-likeness (QED) is 0.586. The van der Waals surface area contributed by atoms with Gasteiger partial charge in [0.15, 0.2) is 0 Å². The molecule has 0 aliphatic carbocycles. The lowest BCUT2D eigenvalue weighted by atomic mass is 10.2. The van der Waals surface area contributed by atoms with Crippen LogP contribution in [0.4, 0.5) is 13.2 Å².